The van der Waals surface area contributed by atoms with E-state index >= 15 is 0 Å². The van der Waals surface area contributed by atoms with Crippen molar-refractivity contribution in [2.24, 2.45) is 5.92 Å². The van der Waals surface area contributed by atoms with Crippen LogP contribution in [0.15, 0.2) is 0 Å². The van der Waals surface area contributed by atoms with Gasteiger partial charge in [0.2, 0.25) is 5.91 Å². The minimum atomic E-state index is 0.291. The fourth-order valence-corrected chi connectivity index (χ4v) is 2.84. The molecule has 1 saturated heterocycles. The number of amides is 1. The zero-order valence-corrected chi connectivity index (χ0v) is 12.5. The average molecular weight is 267 g/mol. The highest BCUT2D eigenvalue weighted by Gasteiger charge is 2.25. The van der Waals surface area contributed by atoms with E-state index in [0.29, 0.717) is 12.5 Å². The van der Waals surface area contributed by atoms with Gasteiger partial charge in [-0.3, -0.25) is 9.69 Å². The molecular formula is C15H29N3O. The highest BCUT2D eigenvalue weighted by molar-refractivity contribution is 5.78. The SMILES string of the molecule is CCN(CC)C(=O)CN1CCC(CNC2CC2)CC1. The number of hydrogen-bond donors (Lipinski definition) is 1. The molecule has 2 fully saturated rings. The van der Waals surface area contributed by atoms with Gasteiger partial charge in [-0.1, -0.05) is 0 Å². The Bertz CT molecular complexity index is 279. The second kappa shape index (κ2) is 7.25. The molecule has 1 aliphatic heterocycles. The number of nitrogens with one attached hydrogen (secondary N) is 1. The van der Waals surface area contributed by atoms with Gasteiger partial charge < -0.3 is 10.2 Å². The fraction of sp³-hybridized carbons (Fsp3) is 0.933. The Hall–Kier alpha value is -0.610. The van der Waals surface area contributed by atoms with Crippen LogP contribution in [0, 0.1) is 5.92 Å². The molecule has 1 amide bonds. The van der Waals surface area contributed by atoms with Gasteiger partial charge >= 0.3 is 0 Å². The quantitative estimate of drug-likeness (QED) is 0.755. The van der Waals surface area contributed by atoms with Crippen molar-refractivity contribution in [1.82, 2.24) is 15.1 Å². The summed E-state index contributed by atoms with van der Waals surface area (Å²) in [6.07, 6.45) is 5.23. The summed E-state index contributed by atoms with van der Waals surface area (Å²) in [6, 6.07) is 0.822. The monoisotopic (exact) mass is 267 g/mol. The Kier molecular flexibility index (Phi) is 5.64. The molecule has 4 heteroatoms. The maximum absolute atomic E-state index is 12.1. The molecule has 0 aromatic rings. The molecule has 0 bridgehead atoms. The van der Waals surface area contributed by atoms with Crippen molar-refractivity contribution in [2.45, 2.75) is 45.6 Å². The lowest BCUT2D eigenvalue weighted by molar-refractivity contribution is -0.132. The molecule has 4 nitrogen and oxygen atoms in total. The van der Waals surface area contributed by atoms with Crippen LogP contribution in [0.2, 0.25) is 0 Å². The zero-order valence-electron chi connectivity index (χ0n) is 12.5. The van der Waals surface area contributed by atoms with Crippen molar-refractivity contribution >= 4 is 5.91 Å². The van der Waals surface area contributed by atoms with Crippen LogP contribution in [-0.2, 0) is 4.79 Å². The van der Waals surface area contributed by atoms with E-state index in [4.69, 9.17) is 0 Å². The van der Waals surface area contributed by atoms with E-state index in [-0.39, 0.29) is 0 Å². The predicted molar refractivity (Wildman–Crippen MR) is 78.1 cm³/mol. The Morgan fingerprint density at radius 3 is 2.32 bits per heavy atom. The first kappa shape index (κ1) is 14.8. The molecule has 0 aromatic carbocycles. The molecule has 0 aromatic heterocycles. The van der Waals surface area contributed by atoms with Gasteiger partial charge in [0.05, 0.1) is 6.54 Å². The first-order valence-electron chi connectivity index (χ1n) is 7.96. The first-order chi connectivity index (χ1) is 9.22. The Morgan fingerprint density at radius 1 is 1.16 bits per heavy atom. The summed E-state index contributed by atoms with van der Waals surface area (Å²) in [5, 5.41) is 3.62. The molecule has 1 aliphatic carbocycles. The van der Waals surface area contributed by atoms with Crippen LogP contribution in [0.3, 0.4) is 0 Å². The summed E-state index contributed by atoms with van der Waals surface area (Å²) in [6.45, 7) is 9.74. The third-order valence-electron chi connectivity index (χ3n) is 4.45. The van der Waals surface area contributed by atoms with Crippen LogP contribution in [0.4, 0.5) is 0 Å². The number of hydrogen-bond acceptors (Lipinski definition) is 3. The van der Waals surface area contributed by atoms with Crippen molar-refractivity contribution < 1.29 is 4.79 Å². The van der Waals surface area contributed by atoms with Gasteiger partial charge in [0.1, 0.15) is 0 Å². The molecule has 19 heavy (non-hydrogen) atoms. The summed E-state index contributed by atoms with van der Waals surface area (Å²) < 4.78 is 0. The topological polar surface area (TPSA) is 35.6 Å². The van der Waals surface area contributed by atoms with Crippen molar-refractivity contribution in [3.05, 3.63) is 0 Å². The van der Waals surface area contributed by atoms with Gasteiger partial charge in [-0.15, -0.1) is 0 Å². The predicted octanol–water partition coefficient (Wildman–Crippen LogP) is 1.32. The number of likely N-dealkylation sites (N-methyl/N-ethyl adjacent to an activating group) is 1. The average Bonchev–Trinajstić information content (AvgIpc) is 3.23. The Balaban J connectivity index is 1.63. The van der Waals surface area contributed by atoms with Gasteiger partial charge in [-0.2, -0.15) is 0 Å². The minimum Gasteiger partial charge on any atom is -0.342 e. The van der Waals surface area contributed by atoms with E-state index in [2.05, 4.69) is 24.1 Å². The number of likely N-dealkylation sites (tertiary alicyclic amines) is 1. The molecule has 0 radical (unpaired) electrons. The van der Waals surface area contributed by atoms with Gasteiger partial charge in [0, 0.05) is 19.1 Å². The summed E-state index contributed by atoms with van der Waals surface area (Å²) in [5.74, 6) is 1.11. The molecule has 1 heterocycles. The number of piperidine rings is 1. The largest absolute Gasteiger partial charge is 0.342 e. The van der Waals surface area contributed by atoms with Crippen molar-refractivity contribution in [3.8, 4) is 0 Å². The van der Waals surface area contributed by atoms with Crippen LogP contribution in [0.5, 0.6) is 0 Å². The van der Waals surface area contributed by atoms with E-state index < -0.39 is 0 Å². The van der Waals surface area contributed by atoms with Crippen LogP contribution in [0.1, 0.15) is 39.5 Å². The molecule has 2 aliphatic rings. The molecular weight excluding hydrogens is 238 g/mol. The molecule has 0 atom stereocenters. The Labute approximate surface area is 117 Å². The van der Waals surface area contributed by atoms with E-state index in [9.17, 15) is 4.79 Å². The molecule has 0 spiro atoms. The van der Waals surface area contributed by atoms with Gasteiger partial charge in [-0.05, 0) is 65.1 Å². The number of rotatable bonds is 7. The normalized spacial score (nSPS) is 21.6. The lowest BCUT2D eigenvalue weighted by Gasteiger charge is -2.33. The minimum absolute atomic E-state index is 0.291. The van der Waals surface area contributed by atoms with E-state index in [1.807, 2.05) is 4.90 Å². The summed E-state index contributed by atoms with van der Waals surface area (Å²) >= 11 is 0. The van der Waals surface area contributed by atoms with Crippen LogP contribution >= 0.6 is 0 Å². The van der Waals surface area contributed by atoms with Crippen LogP contribution in [0.25, 0.3) is 0 Å². The van der Waals surface area contributed by atoms with Crippen molar-refractivity contribution in [1.29, 1.82) is 0 Å². The first-order valence-corrected chi connectivity index (χ1v) is 7.96. The third kappa shape index (κ3) is 4.77. The van der Waals surface area contributed by atoms with Crippen LogP contribution in [-0.4, -0.2) is 61.0 Å². The molecule has 110 valence electrons. The molecule has 1 N–H and O–H groups in total. The van der Waals surface area contributed by atoms with Crippen LogP contribution < -0.4 is 5.32 Å². The number of carbonyl (C=O) groups is 1. The standard InChI is InChI=1S/C15H29N3O/c1-3-18(4-2)15(19)12-17-9-7-13(8-10-17)11-16-14-5-6-14/h13-14,16H,3-12H2,1-2H3. The Morgan fingerprint density at radius 2 is 1.79 bits per heavy atom. The van der Waals surface area contributed by atoms with Crippen molar-refractivity contribution in [3.63, 3.8) is 0 Å². The third-order valence-corrected chi connectivity index (χ3v) is 4.45. The van der Waals surface area contributed by atoms with E-state index in [1.165, 1.54) is 32.2 Å². The highest BCUT2D eigenvalue weighted by Crippen LogP contribution is 2.21. The molecule has 2 rings (SSSR count). The fourth-order valence-electron chi connectivity index (χ4n) is 2.84. The summed E-state index contributed by atoms with van der Waals surface area (Å²) in [4.78, 5) is 16.3. The number of nitrogens with zero attached hydrogens (tertiary/aromatic N) is 2. The molecule has 0 unspecified atom stereocenters. The lowest BCUT2D eigenvalue weighted by atomic mass is 9.97. The van der Waals surface area contributed by atoms with Gasteiger partial charge in [0.25, 0.3) is 0 Å². The van der Waals surface area contributed by atoms with Gasteiger partial charge in [-0.25, -0.2) is 0 Å². The summed E-state index contributed by atoms with van der Waals surface area (Å²) in [7, 11) is 0. The summed E-state index contributed by atoms with van der Waals surface area (Å²) in [5.41, 5.74) is 0. The maximum atomic E-state index is 12.1. The second-order valence-corrected chi connectivity index (χ2v) is 5.97. The van der Waals surface area contributed by atoms with Gasteiger partial charge in [0.15, 0.2) is 0 Å². The highest BCUT2D eigenvalue weighted by atomic mass is 16.2. The van der Waals surface area contributed by atoms with Crippen molar-refractivity contribution in [2.75, 3.05) is 39.3 Å². The lowest BCUT2D eigenvalue weighted by Crippen LogP contribution is -2.44. The van der Waals surface area contributed by atoms with E-state index in [1.54, 1.807) is 0 Å². The second-order valence-electron chi connectivity index (χ2n) is 5.97. The smallest absolute Gasteiger partial charge is 0.236 e. The molecule has 1 saturated carbocycles. The van der Waals surface area contributed by atoms with E-state index in [0.717, 1.165) is 38.1 Å². The maximum Gasteiger partial charge on any atom is 0.236 e. The number of carbonyl (C=O) groups excluding carboxylic acids is 1. The zero-order chi connectivity index (χ0) is 13.7.